The summed E-state index contributed by atoms with van der Waals surface area (Å²) in [4.78, 5) is 20.9. The van der Waals surface area contributed by atoms with Crippen molar-refractivity contribution in [1.82, 2.24) is 9.97 Å². The average Bonchev–Trinajstić information content (AvgIpc) is 2.60. The Hall–Kier alpha value is -3.26. The van der Waals surface area contributed by atoms with E-state index in [2.05, 4.69) is 15.4 Å². The molecule has 116 valence electrons. The van der Waals surface area contributed by atoms with Gasteiger partial charge in [-0.2, -0.15) is 4.98 Å². The van der Waals surface area contributed by atoms with Gasteiger partial charge in [-0.3, -0.25) is 15.5 Å². The Morgan fingerprint density at radius 1 is 1.17 bits per heavy atom. The molecule has 0 aliphatic carbocycles. The molecule has 1 heterocycles. The van der Waals surface area contributed by atoms with E-state index in [0.29, 0.717) is 16.7 Å². The van der Waals surface area contributed by atoms with Crippen molar-refractivity contribution in [2.45, 2.75) is 0 Å². The first-order chi connectivity index (χ1) is 11.1. The quantitative estimate of drug-likeness (QED) is 0.433. The van der Waals surface area contributed by atoms with Crippen LogP contribution < -0.4 is 16.2 Å². The number of nitro groups is 1. The van der Waals surface area contributed by atoms with Crippen molar-refractivity contribution >= 4 is 34.0 Å². The normalized spacial score (nSPS) is 10.5. The van der Waals surface area contributed by atoms with Crippen molar-refractivity contribution in [3.63, 3.8) is 0 Å². The Labute approximate surface area is 131 Å². The predicted molar refractivity (Wildman–Crippen MR) is 88.5 cm³/mol. The first kappa shape index (κ1) is 14.7. The van der Waals surface area contributed by atoms with E-state index in [1.165, 1.54) is 12.1 Å². The zero-order chi connectivity index (χ0) is 16.4. The van der Waals surface area contributed by atoms with Gasteiger partial charge in [-0.1, -0.05) is 18.2 Å². The van der Waals surface area contributed by atoms with Crippen molar-refractivity contribution in [2.24, 2.45) is 5.84 Å². The molecule has 0 fully saturated rings. The molecule has 0 aliphatic heterocycles. The number of nitrogens with one attached hydrogen (secondary N) is 1. The topological polar surface area (TPSA) is 110 Å². The maximum atomic E-state index is 11.0. The largest absolute Gasteiger partial charge is 0.329 e. The van der Waals surface area contributed by atoms with Gasteiger partial charge in [0.1, 0.15) is 5.82 Å². The highest BCUT2D eigenvalue weighted by atomic mass is 16.6. The SMILES string of the molecule is CN(c1ccccc1)c1nc(NN)nc2cc([N+](=O)[O-])ccc12. The van der Waals surface area contributed by atoms with E-state index in [1.54, 1.807) is 6.07 Å². The molecule has 0 aliphatic rings. The van der Waals surface area contributed by atoms with E-state index in [-0.39, 0.29) is 11.6 Å². The summed E-state index contributed by atoms with van der Waals surface area (Å²) in [7, 11) is 1.86. The molecule has 3 aromatic rings. The van der Waals surface area contributed by atoms with Crippen LogP contribution in [-0.4, -0.2) is 21.9 Å². The second-order valence-electron chi connectivity index (χ2n) is 4.87. The van der Waals surface area contributed by atoms with Crippen LogP contribution in [0.15, 0.2) is 48.5 Å². The summed E-state index contributed by atoms with van der Waals surface area (Å²) in [6, 6.07) is 14.1. The summed E-state index contributed by atoms with van der Waals surface area (Å²) in [6.45, 7) is 0. The minimum atomic E-state index is -0.461. The number of nitro benzene ring substituents is 1. The molecule has 0 saturated heterocycles. The second-order valence-corrected chi connectivity index (χ2v) is 4.87. The van der Waals surface area contributed by atoms with E-state index in [4.69, 9.17) is 5.84 Å². The molecule has 0 bridgehead atoms. The maximum absolute atomic E-state index is 11.0. The number of benzene rings is 2. The lowest BCUT2D eigenvalue weighted by atomic mass is 10.2. The molecular formula is C15H14N6O2. The van der Waals surface area contributed by atoms with Crippen molar-refractivity contribution in [3.8, 4) is 0 Å². The number of hydrogen-bond donors (Lipinski definition) is 2. The second kappa shape index (κ2) is 5.85. The summed E-state index contributed by atoms with van der Waals surface area (Å²) in [5.74, 6) is 6.21. The van der Waals surface area contributed by atoms with Gasteiger partial charge in [-0.25, -0.2) is 10.8 Å². The minimum Gasteiger partial charge on any atom is -0.329 e. The van der Waals surface area contributed by atoms with Gasteiger partial charge in [0.05, 0.1) is 10.4 Å². The highest BCUT2D eigenvalue weighted by Crippen LogP contribution is 2.31. The van der Waals surface area contributed by atoms with Crippen LogP contribution in [0, 0.1) is 10.1 Å². The zero-order valence-electron chi connectivity index (χ0n) is 12.3. The maximum Gasteiger partial charge on any atom is 0.271 e. The number of non-ortho nitro benzene ring substituents is 1. The molecule has 3 rings (SSSR count). The molecule has 23 heavy (non-hydrogen) atoms. The van der Waals surface area contributed by atoms with Gasteiger partial charge in [0.2, 0.25) is 5.95 Å². The van der Waals surface area contributed by atoms with Crippen LogP contribution in [0.1, 0.15) is 0 Å². The van der Waals surface area contributed by atoms with Crippen LogP contribution in [0.4, 0.5) is 23.1 Å². The molecule has 8 nitrogen and oxygen atoms in total. The average molecular weight is 310 g/mol. The van der Waals surface area contributed by atoms with Crippen molar-refractivity contribution in [3.05, 3.63) is 58.6 Å². The molecule has 0 radical (unpaired) electrons. The molecule has 0 saturated carbocycles. The van der Waals surface area contributed by atoms with Crippen LogP contribution in [-0.2, 0) is 0 Å². The molecule has 8 heteroatoms. The van der Waals surface area contributed by atoms with E-state index < -0.39 is 4.92 Å². The van der Waals surface area contributed by atoms with Gasteiger partial charge in [-0.15, -0.1) is 0 Å². The van der Waals surface area contributed by atoms with Gasteiger partial charge in [-0.05, 0) is 18.2 Å². The number of hydrogen-bond acceptors (Lipinski definition) is 7. The van der Waals surface area contributed by atoms with Crippen molar-refractivity contribution in [1.29, 1.82) is 0 Å². The van der Waals surface area contributed by atoms with Crippen LogP contribution in [0.2, 0.25) is 0 Å². The van der Waals surface area contributed by atoms with Crippen LogP contribution in [0.3, 0.4) is 0 Å². The predicted octanol–water partition coefficient (Wildman–Crippen LogP) is 2.59. The van der Waals surface area contributed by atoms with Crippen LogP contribution >= 0.6 is 0 Å². The molecule has 1 aromatic heterocycles. The molecule has 2 aromatic carbocycles. The van der Waals surface area contributed by atoms with Crippen molar-refractivity contribution < 1.29 is 4.92 Å². The number of rotatable bonds is 4. The Balaban J connectivity index is 2.21. The molecule has 3 N–H and O–H groups in total. The smallest absolute Gasteiger partial charge is 0.271 e. The lowest BCUT2D eigenvalue weighted by molar-refractivity contribution is -0.384. The number of fused-ring (bicyclic) bond motifs is 1. The number of nitrogens with zero attached hydrogens (tertiary/aromatic N) is 4. The third-order valence-corrected chi connectivity index (χ3v) is 3.46. The fourth-order valence-electron chi connectivity index (χ4n) is 2.31. The molecule has 0 atom stereocenters. The van der Waals surface area contributed by atoms with E-state index in [9.17, 15) is 10.1 Å². The number of para-hydroxylation sites is 1. The summed E-state index contributed by atoms with van der Waals surface area (Å²) < 4.78 is 0. The minimum absolute atomic E-state index is 0.0347. The van der Waals surface area contributed by atoms with E-state index in [0.717, 1.165) is 5.69 Å². The number of nitrogens with two attached hydrogens (primary N) is 1. The third kappa shape index (κ3) is 2.74. The zero-order valence-corrected chi connectivity index (χ0v) is 12.3. The monoisotopic (exact) mass is 310 g/mol. The van der Waals surface area contributed by atoms with Gasteiger partial charge in [0.15, 0.2) is 0 Å². The Morgan fingerprint density at radius 2 is 1.91 bits per heavy atom. The van der Waals surface area contributed by atoms with E-state index in [1.807, 2.05) is 42.3 Å². The van der Waals surface area contributed by atoms with Crippen LogP contribution in [0.5, 0.6) is 0 Å². The van der Waals surface area contributed by atoms with Gasteiger partial charge in [0, 0.05) is 30.3 Å². The first-order valence-electron chi connectivity index (χ1n) is 6.82. The van der Waals surface area contributed by atoms with Gasteiger partial charge >= 0.3 is 0 Å². The Morgan fingerprint density at radius 3 is 2.57 bits per heavy atom. The number of aromatic nitrogens is 2. The summed E-state index contributed by atoms with van der Waals surface area (Å²) >= 11 is 0. The van der Waals surface area contributed by atoms with E-state index >= 15 is 0 Å². The van der Waals surface area contributed by atoms with Crippen LogP contribution in [0.25, 0.3) is 10.9 Å². The number of anilines is 3. The molecular weight excluding hydrogens is 296 g/mol. The van der Waals surface area contributed by atoms with Crippen molar-refractivity contribution in [2.75, 3.05) is 17.4 Å². The highest BCUT2D eigenvalue weighted by Gasteiger charge is 2.15. The molecule has 0 unspecified atom stereocenters. The molecule has 0 spiro atoms. The fraction of sp³-hybridized carbons (Fsp3) is 0.0667. The number of nitrogen functional groups attached to an aromatic ring is 1. The lowest BCUT2D eigenvalue weighted by Gasteiger charge is -2.20. The Bertz CT molecular complexity index is 868. The summed E-state index contributed by atoms with van der Waals surface area (Å²) in [6.07, 6.45) is 0. The third-order valence-electron chi connectivity index (χ3n) is 3.46. The Kier molecular flexibility index (Phi) is 3.73. The van der Waals surface area contributed by atoms with Gasteiger partial charge < -0.3 is 4.90 Å². The summed E-state index contributed by atoms with van der Waals surface area (Å²) in [5.41, 5.74) is 3.73. The first-order valence-corrected chi connectivity index (χ1v) is 6.82. The fourth-order valence-corrected chi connectivity index (χ4v) is 2.31. The lowest BCUT2D eigenvalue weighted by Crippen LogP contribution is -2.16. The van der Waals surface area contributed by atoms with Gasteiger partial charge in [0.25, 0.3) is 5.69 Å². The highest BCUT2D eigenvalue weighted by molar-refractivity contribution is 5.93. The summed E-state index contributed by atoms with van der Waals surface area (Å²) in [5, 5.41) is 11.6. The number of hydrazine groups is 1. The standard InChI is InChI=1S/C15H14N6O2/c1-20(10-5-3-2-4-6-10)14-12-8-7-11(21(22)23)9-13(12)17-15(18-14)19-16/h2-9H,16H2,1H3,(H,17,18,19). The molecule has 0 amide bonds.